The van der Waals surface area contributed by atoms with E-state index in [2.05, 4.69) is 20.2 Å². The largest absolute Gasteiger partial charge is 0.467 e. The number of hydrogen-bond donors (Lipinski definition) is 1. The van der Waals surface area contributed by atoms with Gasteiger partial charge in [-0.05, 0) is 36.4 Å². The van der Waals surface area contributed by atoms with Crippen LogP contribution in [0.1, 0.15) is 16.1 Å². The number of rotatable bonds is 5. The lowest BCUT2D eigenvalue weighted by Gasteiger charge is -2.35. The van der Waals surface area contributed by atoms with Crippen molar-refractivity contribution in [2.24, 2.45) is 0 Å². The van der Waals surface area contributed by atoms with Gasteiger partial charge in [0, 0.05) is 38.6 Å². The van der Waals surface area contributed by atoms with Crippen LogP contribution in [0, 0.1) is 0 Å². The number of amides is 1. The highest BCUT2D eigenvalue weighted by Gasteiger charge is 2.22. The van der Waals surface area contributed by atoms with Crippen LogP contribution in [0.2, 0.25) is 0 Å². The summed E-state index contributed by atoms with van der Waals surface area (Å²) >= 11 is 0. The van der Waals surface area contributed by atoms with Crippen LogP contribution >= 0.6 is 0 Å². The van der Waals surface area contributed by atoms with Crippen molar-refractivity contribution in [1.29, 1.82) is 0 Å². The van der Waals surface area contributed by atoms with E-state index in [0.29, 0.717) is 31.0 Å². The Balaban J connectivity index is 1.32. The number of hydrogen-bond acceptors (Lipinski definition) is 6. The van der Waals surface area contributed by atoms with Gasteiger partial charge in [0.2, 0.25) is 0 Å². The maximum atomic E-state index is 12.7. The normalized spacial score (nSPS) is 14.2. The van der Waals surface area contributed by atoms with Crippen molar-refractivity contribution in [3.05, 3.63) is 72.4 Å². The molecule has 0 aliphatic carbocycles. The minimum Gasteiger partial charge on any atom is -0.467 e. The Morgan fingerprint density at radius 2 is 1.93 bits per heavy atom. The van der Waals surface area contributed by atoms with Crippen LogP contribution in [0.5, 0.6) is 0 Å². The first-order valence-corrected chi connectivity index (χ1v) is 8.97. The van der Waals surface area contributed by atoms with Crippen LogP contribution in [0.15, 0.2) is 65.5 Å². The molecule has 27 heavy (non-hydrogen) atoms. The summed E-state index contributed by atoms with van der Waals surface area (Å²) in [5, 5.41) is 3.17. The predicted molar refractivity (Wildman–Crippen MR) is 103 cm³/mol. The molecule has 138 valence electrons. The number of pyridine rings is 2. The van der Waals surface area contributed by atoms with E-state index in [-0.39, 0.29) is 5.91 Å². The molecule has 3 aromatic heterocycles. The molecule has 1 saturated heterocycles. The molecule has 0 spiro atoms. The second kappa shape index (κ2) is 7.90. The van der Waals surface area contributed by atoms with E-state index in [1.54, 1.807) is 18.7 Å². The minimum atomic E-state index is 0.0146. The van der Waals surface area contributed by atoms with E-state index < -0.39 is 0 Å². The molecule has 7 nitrogen and oxygen atoms in total. The molecule has 1 fully saturated rings. The summed E-state index contributed by atoms with van der Waals surface area (Å²) in [6, 6.07) is 13.3. The molecule has 0 unspecified atom stereocenters. The third-order valence-corrected chi connectivity index (χ3v) is 4.57. The average molecular weight is 363 g/mol. The van der Waals surface area contributed by atoms with Crippen LogP contribution < -0.4 is 10.2 Å². The summed E-state index contributed by atoms with van der Waals surface area (Å²) in [7, 11) is 0. The number of carbonyl (C=O) groups excluding carboxylic acids is 1. The minimum absolute atomic E-state index is 0.0146. The topological polar surface area (TPSA) is 74.5 Å². The number of aromatic nitrogens is 2. The Bertz CT molecular complexity index is 857. The lowest BCUT2D eigenvalue weighted by atomic mass is 10.2. The molecule has 4 heterocycles. The molecule has 1 aliphatic rings. The van der Waals surface area contributed by atoms with Gasteiger partial charge in [0.15, 0.2) is 0 Å². The van der Waals surface area contributed by atoms with Crippen molar-refractivity contribution in [3.63, 3.8) is 0 Å². The molecule has 1 aliphatic heterocycles. The van der Waals surface area contributed by atoms with Crippen molar-refractivity contribution in [2.75, 3.05) is 36.4 Å². The number of nitrogens with one attached hydrogen (secondary N) is 1. The molecule has 0 radical (unpaired) electrons. The third-order valence-electron chi connectivity index (χ3n) is 4.57. The monoisotopic (exact) mass is 363 g/mol. The van der Waals surface area contributed by atoms with Crippen molar-refractivity contribution in [1.82, 2.24) is 14.9 Å². The number of nitrogens with zero attached hydrogens (tertiary/aromatic N) is 4. The Labute approximate surface area is 157 Å². The van der Waals surface area contributed by atoms with Crippen LogP contribution in [0.3, 0.4) is 0 Å². The second-order valence-electron chi connectivity index (χ2n) is 6.33. The van der Waals surface area contributed by atoms with Crippen LogP contribution in [0.4, 0.5) is 11.6 Å². The first kappa shape index (κ1) is 17.1. The van der Waals surface area contributed by atoms with E-state index >= 15 is 0 Å². The van der Waals surface area contributed by atoms with Crippen LogP contribution in [-0.4, -0.2) is 47.0 Å². The van der Waals surface area contributed by atoms with Gasteiger partial charge in [-0.15, -0.1) is 0 Å². The Morgan fingerprint density at radius 1 is 1.04 bits per heavy atom. The van der Waals surface area contributed by atoms with Gasteiger partial charge in [-0.25, -0.2) is 9.97 Å². The standard InChI is InChI=1S/C20H21N5O2/c26-20(25-11-9-24(10-12-25)19-5-1-2-8-21-19)16-6-7-18(22-14-16)23-15-17-4-3-13-27-17/h1-8,13-14H,9-12,15H2,(H,22,23). The maximum Gasteiger partial charge on any atom is 0.255 e. The summed E-state index contributed by atoms with van der Waals surface area (Å²) in [4.78, 5) is 25.5. The van der Waals surface area contributed by atoms with Gasteiger partial charge in [0.05, 0.1) is 18.4 Å². The molecular weight excluding hydrogens is 342 g/mol. The highest BCUT2D eigenvalue weighted by atomic mass is 16.3. The van der Waals surface area contributed by atoms with Gasteiger partial charge in [-0.3, -0.25) is 4.79 Å². The lowest BCUT2D eigenvalue weighted by Crippen LogP contribution is -2.49. The number of carbonyl (C=O) groups is 1. The quantitative estimate of drug-likeness (QED) is 0.751. The second-order valence-corrected chi connectivity index (χ2v) is 6.33. The first-order valence-electron chi connectivity index (χ1n) is 8.97. The Morgan fingerprint density at radius 3 is 2.59 bits per heavy atom. The van der Waals surface area contributed by atoms with Crippen molar-refractivity contribution in [2.45, 2.75) is 6.54 Å². The molecule has 1 amide bonds. The van der Waals surface area contributed by atoms with Crippen molar-refractivity contribution in [3.8, 4) is 0 Å². The average Bonchev–Trinajstić information content (AvgIpc) is 3.27. The lowest BCUT2D eigenvalue weighted by molar-refractivity contribution is 0.0746. The zero-order valence-electron chi connectivity index (χ0n) is 14.9. The molecule has 0 atom stereocenters. The van der Waals surface area contributed by atoms with Gasteiger partial charge in [0.1, 0.15) is 17.4 Å². The number of furan rings is 1. The fraction of sp³-hybridized carbons (Fsp3) is 0.250. The zero-order chi connectivity index (χ0) is 18.5. The molecule has 0 bridgehead atoms. The van der Waals surface area contributed by atoms with Gasteiger partial charge >= 0.3 is 0 Å². The molecular formula is C20H21N5O2. The molecule has 4 rings (SSSR count). The number of piperazine rings is 1. The highest BCUT2D eigenvalue weighted by Crippen LogP contribution is 2.15. The summed E-state index contributed by atoms with van der Waals surface area (Å²) in [5.41, 5.74) is 0.602. The fourth-order valence-electron chi connectivity index (χ4n) is 3.08. The molecule has 1 N–H and O–H groups in total. The van der Waals surface area contributed by atoms with Gasteiger partial charge in [-0.2, -0.15) is 0 Å². The van der Waals surface area contributed by atoms with Gasteiger partial charge in [-0.1, -0.05) is 6.07 Å². The van der Waals surface area contributed by atoms with Crippen LogP contribution in [-0.2, 0) is 6.54 Å². The SMILES string of the molecule is O=C(c1ccc(NCc2ccco2)nc1)N1CCN(c2ccccn2)CC1. The van der Waals surface area contributed by atoms with E-state index in [0.717, 1.165) is 24.7 Å². The van der Waals surface area contributed by atoms with Gasteiger partial charge < -0.3 is 19.5 Å². The summed E-state index contributed by atoms with van der Waals surface area (Å²) in [6.07, 6.45) is 5.05. The molecule has 3 aromatic rings. The summed E-state index contributed by atoms with van der Waals surface area (Å²) in [5.74, 6) is 2.52. The highest BCUT2D eigenvalue weighted by molar-refractivity contribution is 5.94. The smallest absolute Gasteiger partial charge is 0.255 e. The Kier molecular flexibility index (Phi) is 5.00. The zero-order valence-corrected chi connectivity index (χ0v) is 14.9. The molecule has 0 saturated carbocycles. The first-order chi connectivity index (χ1) is 13.3. The van der Waals surface area contributed by atoms with Crippen molar-refractivity contribution < 1.29 is 9.21 Å². The summed E-state index contributed by atoms with van der Waals surface area (Å²) in [6.45, 7) is 3.46. The fourth-order valence-corrected chi connectivity index (χ4v) is 3.08. The number of anilines is 2. The molecule has 7 heteroatoms. The van der Waals surface area contributed by atoms with E-state index in [1.165, 1.54) is 0 Å². The van der Waals surface area contributed by atoms with E-state index in [4.69, 9.17) is 4.42 Å². The maximum absolute atomic E-state index is 12.7. The molecule has 0 aromatic carbocycles. The Hall–Kier alpha value is -3.35. The van der Waals surface area contributed by atoms with E-state index in [9.17, 15) is 4.79 Å². The van der Waals surface area contributed by atoms with Crippen molar-refractivity contribution >= 4 is 17.5 Å². The van der Waals surface area contributed by atoms with Gasteiger partial charge in [0.25, 0.3) is 5.91 Å². The summed E-state index contributed by atoms with van der Waals surface area (Å²) < 4.78 is 5.28. The van der Waals surface area contributed by atoms with E-state index in [1.807, 2.05) is 47.4 Å². The van der Waals surface area contributed by atoms with Crippen LogP contribution in [0.25, 0.3) is 0 Å². The third kappa shape index (κ3) is 4.08. The predicted octanol–water partition coefficient (Wildman–Crippen LogP) is 2.64.